The van der Waals surface area contributed by atoms with E-state index in [0.29, 0.717) is 11.3 Å². The van der Waals surface area contributed by atoms with Crippen molar-refractivity contribution in [2.75, 3.05) is 0 Å². The van der Waals surface area contributed by atoms with Crippen molar-refractivity contribution in [2.24, 2.45) is 0 Å². The number of hydrogen-bond acceptors (Lipinski definition) is 3. The molecule has 2 aromatic rings. The van der Waals surface area contributed by atoms with Crippen LogP contribution >= 0.6 is 0 Å². The second-order valence-electron chi connectivity index (χ2n) is 4.74. The molecule has 0 atom stereocenters. The van der Waals surface area contributed by atoms with E-state index in [9.17, 15) is 4.79 Å². The molecule has 120 valence electrons. The summed E-state index contributed by atoms with van der Waals surface area (Å²) in [5.41, 5.74) is 1.54. The predicted molar refractivity (Wildman–Crippen MR) is 97.1 cm³/mol. The van der Waals surface area contributed by atoms with Gasteiger partial charge in [-0.05, 0) is 24.6 Å². The van der Waals surface area contributed by atoms with Gasteiger partial charge in [-0.15, -0.1) is 0 Å². The molecule has 2 aromatic carbocycles. The molecule has 2 rings (SSSR count). The van der Waals surface area contributed by atoms with Crippen LogP contribution in [0.4, 0.5) is 0 Å². The van der Waals surface area contributed by atoms with Crippen LogP contribution in [0.3, 0.4) is 0 Å². The number of ether oxygens (including phenoxy) is 1. The molecule has 0 radical (unpaired) electrons. The predicted octanol–water partition coefficient (Wildman–Crippen LogP) is 4.95. The number of rotatable bonds is 4. The number of carbonyl (C=O) groups excluding carboxylic acids is 1. The highest BCUT2D eigenvalue weighted by Crippen LogP contribution is 2.09. The van der Waals surface area contributed by atoms with Gasteiger partial charge in [0, 0.05) is 11.6 Å². The molecule has 0 aromatic heterocycles. The number of carbonyl (C=O) groups is 1. The third-order valence-electron chi connectivity index (χ3n) is 2.67. The van der Waals surface area contributed by atoms with Gasteiger partial charge in [0.25, 0.3) is 0 Å². The van der Waals surface area contributed by atoms with E-state index in [4.69, 9.17) is 10.00 Å². The maximum atomic E-state index is 11.0. The molecule has 0 aliphatic rings. The Morgan fingerprint density at radius 3 is 2.17 bits per heavy atom. The molecule has 0 saturated heterocycles. The van der Waals surface area contributed by atoms with Gasteiger partial charge in [0.1, 0.15) is 5.75 Å². The van der Waals surface area contributed by atoms with Crippen LogP contribution in [-0.2, 0) is 4.79 Å². The first-order valence-electron chi connectivity index (χ1n) is 7.34. The number of hydrogen-bond donors (Lipinski definition) is 0. The van der Waals surface area contributed by atoms with Crippen molar-refractivity contribution in [3.8, 4) is 11.8 Å². The Balaban J connectivity index is 0.000000240. The molecule has 0 bridgehead atoms. The summed E-state index contributed by atoms with van der Waals surface area (Å²) in [6, 6.07) is 20.8. The van der Waals surface area contributed by atoms with Crippen LogP contribution in [-0.4, -0.2) is 5.97 Å². The van der Waals surface area contributed by atoms with E-state index in [-0.39, 0.29) is 5.97 Å². The van der Waals surface area contributed by atoms with Gasteiger partial charge in [0.05, 0.1) is 6.07 Å². The molecule has 0 spiro atoms. The third kappa shape index (κ3) is 8.16. The van der Waals surface area contributed by atoms with Gasteiger partial charge in [-0.3, -0.25) is 0 Å². The fourth-order valence-corrected chi connectivity index (χ4v) is 1.51. The smallest absolute Gasteiger partial charge is 0.338 e. The average molecular weight is 317 g/mol. The Labute approximate surface area is 142 Å². The molecule has 3 nitrogen and oxygen atoms in total. The lowest BCUT2D eigenvalue weighted by Crippen LogP contribution is -2.07. The number of allylic oxidation sites excluding steroid dienone is 3. The summed E-state index contributed by atoms with van der Waals surface area (Å²) in [6.07, 6.45) is 6.96. The van der Waals surface area contributed by atoms with E-state index < -0.39 is 0 Å². The average Bonchev–Trinajstić information content (AvgIpc) is 2.61. The molecule has 0 aliphatic carbocycles. The molecule has 0 fully saturated rings. The summed E-state index contributed by atoms with van der Waals surface area (Å²) in [7, 11) is 0. The summed E-state index contributed by atoms with van der Waals surface area (Å²) < 4.78 is 4.94. The minimum atomic E-state index is -0.388. The summed E-state index contributed by atoms with van der Waals surface area (Å²) >= 11 is 0. The summed E-state index contributed by atoms with van der Waals surface area (Å²) in [5, 5.41) is 8.19. The van der Waals surface area contributed by atoms with Crippen molar-refractivity contribution < 1.29 is 9.53 Å². The fourth-order valence-electron chi connectivity index (χ4n) is 1.51. The molecule has 24 heavy (non-hydrogen) atoms. The fraction of sp³-hybridized carbons (Fsp3) is 0.0476. The molecular weight excluding hydrogens is 298 g/mol. The van der Waals surface area contributed by atoms with E-state index in [2.05, 4.69) is 6.58 Å². The SMILES string of the molecule is C=C(C)C(=O)Oc1ccccc1.N#CC=CC=Cc1ccccc1. The Morgan fingerprint density at radius 2 is 1.62 bits per heavy atom. The first-order chi connectivity index (χ1) is 11.6. The highest BCUT2D eigenvalue weighted by Gasteiger charge is 2.03. The van der Waals surface area contributed by atoms with Crippen LogP contribution in [0.25, 0.3) is 6.08 Å². The molecule has 0 aliphatic heterocycles. The lowest BCUT2D eigenvalue weighted by molar-refractivity contribution is -0.130. The lowest BCUT2D eigenvalue weighted by Gasteiger charge is -2.01. The summed E-state index contributed by atoms with van der Waals surface area (Å²) in [6.45, 7) is 5.09. The minimum Gasteiger partial charge on any atom is -0.423 e. The van der Waals surface area contributed by atoms with Crippen molar-refractivity contribution in [1.29, 1.82) is 5.26 Å². The molecule has 0 saturated carbocycles. The zero-order chi connectivity index (χ0) is 17.6. The molecule has 0 N–H and O–H groups in total. The maximum Gasteiger partial charge on any atom is 0.338 e. The van der Waals surface area contributed by atoms with Crippen molar-refractivity contribution in [1.82, 2.24) is 0 Å². The molecule has 0 amide bonds. The zero-order valence-corrected chi connectivity index (χ0v) is 13.6. The largest absolute Gasteiger partial charge is 0.423 e. The van der Waals surface area contributed by atoms with E-state index in [1.807, 2.05) is 54.6 Å². The van der Waals surface area contributed by atoms with E-state index in [1.54, 1.807) is 37.3 Å². The number of nitriles is 1. The number of benzene rings is 2. The Morgan fingerprint density at radius 1 is 1.04 bits per heavy atom. The van der Waals surface area contributed by atoms with Crippen LogP contribution in [0.2, 0.25) is 0 Å². The zero-order valence-electron chi connectivity index (χ0n) is 13.6. The topological polar surface area (TPSA) is 50.1 Å². The maximum absolute atomic E-state index is 11.0. The highest BCUT2D eigenvalue weighted by molar-refractivity contribution is 5.88. The van der Waals surface area contributed by atoms with Crippen LogP contribution < -0.4 is 4.74 Å². The van der Waals surface area contributed by atoms with Crippen molar-refractivity contribution in [3.63, 3.8) is 0 Å². The third-order valence-corrected chi connectivity index (χ3v) is 2.67. The van der Waals surface area contributed by atoms with Gasteiger partial charge in [-0.2, -0.15) is 5.26 Å². The number of para-hydroxylation sites is 1. The Hall–Kier alpha value is -3.38. The van der Waals surface area contributed by atoms with Crippen LogP contribution in [0, 0.1) is 11.3 Å². The van der Waals surface area contributed by atoms with Crippen molar-refractivity contribution in [2.45, 2.75) is 6.92 Å². The second-order valence-corrected chi connectivity index (χ2v) is 4.74. The standard InChI is InChI=1S/C11H9N.C10H10O2/c12-10-6-2-5-9-11-7-3-1-4-8-11;1-8(2)10(11)12-9-6-4-3-5-7-9/h1-9H;3-7H,1H2,2H3. The van der Waals surface area contributed by atoms with E-state index in [1.165, 1.54) is 6.08 Å². The van der Waals surface area contributed by atoms with E-state index >= 15 is 0 Å². The van der Waals surface area contributed by atoms with Crippen LogP contribution in [0.5, 0.6) is 5.75 Å². The molecule has 3 heteroatoms. The normalized spacial score (nSPS) is 9.83. The van der Waals surface area contributed by atoms with E-state index in [0.717, 1.165) is 5.56 Å². The Bertz CT molecular complexity index is 738. The first kappa shape index (κ1) is 18.7. The second kappa shape index (κ2) is 11.2. The molecular formula is C21H19NO2. The quantitative estimate of drug-likeness (QED) is 0.264. The van der Waals surface area contributed by atoms with Crippen LogP contribution in [0.15, 0.2) is 91.0 Å². The number of esters is 1. The number of nitrogens with zero attached hydrogens (tertiary/aromatic N) is 1. The monoisotopic (exact) mass is 317 g/mol. The summed E-state index contributed by atoms with van der Waals surface area (Å²) in [4.78, 5) is 11.0. The minimum absolute atomic E-state index is 0.388. The van der Waals surface area contributed by atoms with Gasteiger partial charge in [-0.1, -0.05) is 73.3 Å². The summed E-state index contributed by atoms with van der Waals surface area (Å²) in [5.74, 6) is 0.159. The van der Waals surface area contributed by atoms with Gasteiger partial charge < -0.3 is 4.74 Å². The highest BCUT2D eigenvalue weighted by atomic mass is 16.5. The van der Waals surface area contributed by atoms with Gasteiger partial charge in [0.15, 0.2) is 0 Å². The van der Waals surface area contributed by atoms with Crippen LogP contribution in [0.1, 0.15) is 12.5 Å². The Kier molecular flexibility index (Phi) is 8.73. The van der Waals surface area contributed by atoms with Gasteiger partial charge in [0.2, 0.25) is 0 Å². The van der Waals surface area contributed by atoms with Gasteiger partial charge >= 0.3 is 5.97 Å². The van der Waals surface area contributed by atoms with Crippen molar-refractivity contribution >= 4 is 12.0 Å². The molecule has 0 unspecified atom stereocenters. The first-order valence-corrected chi connectivity index (χ1v) is 7.34. The lowest BCUT2D eigenvalue weighted by atomic mass is 10.2. The van der Waals surface area contributed by atoms with Gasteiger partial charge in [-0.25, -0.2) is 4.79 Å². The van der Waals surface area contributed by atoms with Crippen molar-refractivity contribution in [3.05, 3.63) is 96.6 Å². The molecule has 0 heterocycles.